The van der Waals surface area contributed by atoms with Crippen LogP contribution in [0.1, 0.15) is 84.5 Å². The van der Waals surface area contributed by atoms with E-state index in [0.29, 0.717) is 18.9 Å². The van der Waals surface area contributed by atoms with Crippen molar-refractivity contribution in [1.29, 1.82) is 0 Å². The summed E-state index contributed by atoms with van der Waals surface area (Å²) in [7, 11) is 33.8. The smallest absolute Gasteiger partial charge is 0.480 e. The molecule has 0 radical (unpaired) electrons. The molecule has 0 saturated carbocycles. The third kappa shape index (κ3) is 44.7. The van der Waals surface area contributed by atoms with Crippen molar-refractivity contribution in [2.75, 3.05) is 166 Å². The van der Waals surface area contributed by atoms with Crippen LogP contribution >= 0.6 is 11.8 Å². The zero-order valence-electron chi connectivity index (χ0n) is 51.5. The number of thioether (sulfide) groups is 1. The van der Waals surface area contributed by atoms with Gasteiger partial charge in [0.2, 0.25) is 0 Å². The van der Waals surface area contributed by atoms with Gasteiger partial charge >= 0.3 is 25.3 Å². The largest absolute Gasteiger partial charge is 1.00 e. The Morgan fingerprint density at radius 1 is 0.507 bits per heavy atom. The van der Waals surface area contributed by atoms with Crippen LogP contribution < -0.4 is 5.43 Å². The quantitative estimate of drug-likeness (QED) is 0.0748. The number of carboxylic acids is 1. The molecule has 0 atom stereocenters. The molecule has 0 fully saturated rings. The molecule has 2 N–H and O–H groups in total. The van der Waals surface area contributed by atoms with Gasteiger partial charge in [-0.1, -0.05) is 11.8 Å². The maximum atomic E-state index is 12.0. The highest BCUT2D eigenvalue weighted by Crippen LogP contribution is 2.20. The third-order valence-electron chi connectivity index (χ3n) is 8.39. The molecular weight excluding hydrogens is 935 g/mol. The van der Waals surface area contributed by atoms with E-state index in [1.165, 1.54) is 0 Å². The average Bonchev–Trinajstić information content (AvgIpc) is 3.18. The van der Waals surface area contributed by atoms with E-state index in [0.717, 1.165) is 11.0 Å². The summed E-state index contributed by atoms with van der Waals surface area (Å²) >= 11 is 1.64. The number of hydrazine groups is 6. The predicted molar refractivity (Wildman–Crippen MR) is 296 cm³/mol. The predicted octanol–water partition coefficient (Wildman–Crippen LogP) is 3.45. The van der Waals surface area contributed by atoms with Crippen LogP contribution in [0.3, 0.4) is 0 Å². The Bertz CT molecular complexity index is 1590. The lowest BCUT2D eigenvalue weighted by Crippen LogP contribution is -2.51. The number of carbonyl (C=O) groups excluding carboxylic acids is 3. The van der Waals surface area contributed by atoms with E-state index in [2.05, 4.69) is 20.4 Å². The third-order valence-corrected chi connectivity index (χ3v) is 9.20. The van der Waals surface area contributed by atoms with E-state index in [-0.39, 0.29) is 44.6 Å². The summed E-state index contributed by atoms with van der Waals surface area (Å²) < 4.78 is 15.6. The van der Waals surface area contributed by atoms with Gasteiger partial charge in [0.1, 0.15) is 48.1 Å². The van der Waals surface area contributed by atoms with Crippen LogP contribution in [0, 0.1) is 5.41 Å². The Hall–Kier alpha value is -3.72. The number of carbonyl (C=O) groups is 4. The van der Waals surface area contributed by atoms with Gasteiger partial charge in [0.25, 0.3) is 0 Å². The summed E-state index contributed by atoms with van der Waals surface area (Å²) in [4.78, 5) is 57.7. The van der Waals surface area contributed by atoms with Crippen molar-refractivity contribution in [3.8, 4) is 0 Å². The Labute approximate surface area is 437 Å². The van der Waals surface area contributed by atoms with Crippen molar-refractivity contribution in [1.82, 2.24) is 60.5 Å². The van der Waals surface area contributed by atoms with Crippen molar-refractivity contribution >= 4 is 52.5 Å². The molecule has 71 heavy (non-hydrogen) atoms. The Kier molecular flexibility index (Phi) is 39.8. The molecule has 0 aromatic rings. The van der Waals surface area contributed by atoms with Crippen LogP contribution in [0.5, 0.6) is 0 Å². The topological polar surface area (TPSA) is 201 Å². The molecule has 24 heteroatoms. The van der Waals surface area contributed by atoms with Gasteiger partial charge in [0.05, 0.1) is 18.5 Å². The maximum Gasteiger partial charge on any atom is 1.00 e. The van der Waals surface area contributed by atoms with Gasteiger partial charge in [-0.15, -0.1) is 0 Å². The zero-order chi connectivity index (χ0) is 57.6. The number of carboxylic acid groups (broad SMARTS) is 1. The first kappa shape index (κ1) is 76.2. The van der Waals surface area contributed by atoms with Crippen LogP contribution in [0.25, 0.3) is 0 Å². The van der Waals surface area contributed by atoms with E-state index in [9.17, 15) is 19.2 Å². The molecule has 0 spiro atoms. The van der Waals surface area contributed by atoms with E-state index >= 15 is 0 Å². The number of likely N-dealkylation sites (N-methyl/N-ethyl adjacent to an activating group) is 2. The second-order valence-electron chi connectivity index (χ2n) is 21.0. The number of aliphatic imine (C=N–C) groups is 3. The molecule has 422 valence electrons. The molecule has 0 aromatic carbocycles. The number of amidine groups is 3. The van der Waals surface area contributed by atoms with E-state index in [1.54, 1.807) is 62.0 Å². The minimum atomic E-state index is -0.882. The molecule has 0 amide bonds. The Balaban J connectivity index is -0.000000194. The van der Waals surface area contributed by atoms with E-state index in [1.807, 2.05) is 221 Å². The first-order valence-corrected chi connectivity index (χ1v) is 24.4. The van der Waals surface area contributed by atoms with Crippen molar-refractivity contribution in [3.05, 3.63) is 0 Å². The van der Waals surface area contributed by atoms with Crippen LogP contribution in [-0.4, -0.2) is 284 Å². The number of rotatable bonds is 16. The number of hydrogen-bond acceptors (Lipinski definition) is 20. The van der Waals surface area contributed by atoms with E-state index < -0.39 is 22.6 Å². The molecule has 0 aliphatic carbocycles. The highest BCUT2D eigenvalue weighted by molar-refractivity contribution is 8.13. The minimum absolute atomic E-state index is 0. The van der Waals surface area contributed by atoms with Crippen molar-refractivity contribution < 1.29 is 39.9 Å². The highest BCUT2D eigenvalue weighted by atomic mass is 32.2. The number of nitrogens with zero attached hydrogens (tertiary/aromatic N) is 14. The van der Waals surface area contributed by atoms with Crippen molar-refractivity contribution in [2.24, 2.45) is 20.4 Å². The van der Waals surface area contributed by atoms with Gasteiger partial charge in [0, 0.05) is 127 Å². The molecule has 0 aliphatic rings. The summed E-state index contributed by atoms with van der Waals surface area (Å²) in [6.45, 7) is 23.7. The van der Waals surface area contributed by atoms with Crippen LogP contribution in [-0.2, 0) is 33.4 Å². The van der Waals surface area contributed by atoms with Gasteiger partial charge in [-0.05, 0) is 89.3 Å². The maximum absolute atomic E-state index is 12.0. The molecule has 0 saturated heterocycles. The zero-order valence-corrected chi connectivity index (χ0v) is 51.3. The molecule has 0 unspecified atom stereocenters. The Morgan fingerprint density at radius 2 is 0.859 bits per heavy atom. The van der Waals surface area contributed by atoms with E-state index in [4.69, 9.17) is 19.3 Å². The number of aliphatic carboxylic acids is 1. The van der Waals surface area contributed by atoms with Crippen molar-refractivity contribution in [3.63, 3.8) is 0 Å². The van der Waals surface area contributed by atoms with Gasteiger partial charge in [-0.2, -0.15) is 0 Å². The number of ether oxygens (including phenoxy) is 3. The van der Waals surface area contributed by atoms with Gasteiger partial charge in [0.15, 0.2) is 5.17 Å². The molecular formula is C47H106N15O8S+. The monoisotopic (exact) mass is 1040 g/mol. The summed E-state index contributed by atoms with van der Waals surface area (Å²) in [5.41, 5.74) is 1.18. The van der Waals surface area contributed by atoms with Gasteiger partial charge in [-0.25, -0.2) is 40.5 Å². The number of hydrogen-bond donors (Lipinski definition) is 2. The summed E-state index contributed by atoms with van der Waals surface area (Å²) in [5.74, 6) is -0.0472. The number of esters is 3. The lowest BCUT2D eigenvalue weighted by Gasteiger charge is -2.34. The second kappa shape index (κ2) is 37.1. The standard InChI is InChI=1S/C14H31N5O2.C10H23N5O2.C9H18O2.C8H18N2O2.C6H15N3S/c1-14(2,3)21-13(20)11-19(17(7)8)12(15-4)10-18(9)16(5)6;1-11-9(7-14(6)12(2)3)15(13(4)5)8-10(16)17;1-8(2,3)7(10)11-9(4,5)6;1-8(2,3)12-7(11)6-9-10(4)5;1-7-6(10-5)9(4)8(2)3/h10-11H2,1-9H3;7-8H2,1-6H3,(H,16,17);1-6H3;9H,6H2,1-5H3;1-5H3/p+1. The highest BCUT2D eigenvalue weighted by Gasteiger charge is 2.28. The molecule has 0 rings (SSSR count). The van der Waals surface area contributed by atoms with Gasteiger partial charge in [-0.3, -0.25) is 54.2 Å². The molecule has 23 nitrogen and oxygen atoms in total. The van der Waals surface area contributed by atoms with Crippen molar-refractivity contribution in [2.45, 2.75) is 99.9 Å². The SMILES string of the molecule is CC(C)(C)OC(=O)C(C)(C)C.CN(C)NCC(=O)OC(C)(C)C.CN=C(CN(C)N(C)C)N(CC(=O)O)N(C)C.CN=C(CN(C)N(C)C)N(CC(=O)OC(C)(C)C)N(C)C.CN=C(SC)N(C)N(C)C.[H+]. The average molecular weight is 1040 g/mol. The molecule has 0 heterocycles. The summed E-state index contributed by atoms with van der Waals surface area (Å²) in [6, 6.07) is 0. The fourth-order valence-electron chi connectivity index (χ4n) is 4.35. The van der Waals surface area contributed by atoms with Crippen LogP contribution in [0.15, 0.2) is 15.0 Å². The lowest BCUT2D eigenvalue weighted by atomic mass is 9.97. The number of nitrogens with one attached hydrogen (secondary N) is 1. The molecule has 0 aromatic heterocycles. The normalized spacial score (nSPS) is 12.7. The fourth-order valence-corrected chi connectivity index (χ4v) is 4.96. The van der Waals surface area contributed by atoms with Crippen LogP contribution in [0.2, 0.25) is 0 Å². The minimum Gasteiger partial charge on any atom is -0.480 e. The Morgan fingerprint density at radius 3 is 1.07 bits per heavy atom. The first-order chi connectivity index (χ1) is 31.8. The second-order valence-corrected chi connectivity index (χ2v) is 21.8. The molecule has 0 aliphatic heterocycles. The molecule has 0 bridgehead atoms. The lowest BCUT2D eigenvalue weighted by molar-refractivity contribution is -0.164. The fraction of sp³-hybridized carbons (Fsp3) is 0.851. The summed E-state index contributed by atoms with van der Waals surface area (Å²) in [5, 5.41) is 30.4. The summed E-state index contributed by atoms with van der Waals surface area (Å²) in [6.07, 6.45) is 2.02. The van der Waals surface area contributed by atoms with Gasteiger partial charge < -0.3 is 19.3 Å². The van der Waals surface area contributed by atoms with Crippen LogP contribution in [0.4, 0.5) is 0 Å². The first-order valence-electron chi connectivity index (χ1n) is 23.1.